The summed E-state index contributed by atoms with van der Waals surface area (Å²) in [4.78, 5) is 23.0. The van der Waals surface area contributed by atoms with Gasteiger partial charge < -0.3 is 15.4 Å². The molecule has 1 heterocycles. The Balaban J connectivity index is 2.06. The van der Waals surface area contributed by atoms with E-state index in [0.717, 1.165) is 24.2 Å². The SMILES string of the molecule is COC(=O)CNC(=O)C1CCNc2ccccc21. The topological polar surface area (TPSA) is 67.4 Å². The Labute approximate surface area is 106 Å². The first kappa shape index (κ1) is 12.4. The predicted octanol–water partition coefficient (Wildman–Crippen LogP) is 0.875. The third kappa shape index (κ3) is 2.61. The van der Waals surface area contributed by atoms with Gasteiger partial charge in [-0.3, -0.25) is 9.59 Å². The molecule has 0 saturated carbocycles. The van der Waals surface area contributed by atoms with Crippen LogP contribution in [0.1, 0.15) is 17.9 Å². The van der Waals surface area contributed by atoms with E-state index in [1.807, 2.05) is 24.3 Å². The summed E-state index contributed by atoms with van der Waals surface area (Å²) in [6.07, 6.45) is 0.726. The zero-order chi connectivity index (χ0) is 13.0. The number of rotatable bonds is 3. The summed E-state index contributed by atoms with van der Waals surface area (Å²) < 4.78 is 4.49. The Morgan fingerprint density at radius 3 is 3.00 bits per heavy atom. The molecule has 0 spiro atoms. The van der Waals surface area contributed by atoms with Crippen molar-refractivity contribution in [2.24, 2.45) is 0 Å². The Hall–Kier alpha value is -2.04. The van der Waals surface area contributed by atoms with Crippen LogP contribution < -0.4 is 10.6 Å². The maximum atomic E-state index is 12.0. The van der Waals surface area contributed by atoms with E-state index in [0.29, 0.717) is 0 Å². The van der Waals surface area contributed by atoms with Crippen LogP contribution in [0.4, 0.5) is 5.69 Å². The molecule has 0 radical (unpaired) electrons. The fourth-order valence-electron chi connectivity index (χ4n) is 2.10. The lowest BCUT2D eigenvalue weighted by Gasteiger charge is -2.25. The Kier molecular flexibility index (Phi) is 3.82. The van der Waals surface area contributed by atoms with Gasteiger partial charge in [-0.25, -0.2) is 0 Å². The van der Waals surface area contributed by atoms with Gasteiger partial charge in [0, 0.05) is 12.2 Å². The molecule has 1 amide bonds. The lowest BCUT2D eigenvalue weighted by molar-refractivity contribution is -0.141. The van der Waals surface area contributed by atoms with E-state index in [1.165, 1.54) is 7.11 Å². The summed E-state index contributed by atoms with van der Waals surface area (Å²) in [5.41, 5.74) is 1.97. The van der Waals surface area contributed by atoms with Gasteiger partial charge in [-0.1, -0.05) is 18.2 Å². The number of amides is 1. The Morgan fingerprint density at radius 2 is 2.22 bits per heavy atom. The molecule has 0 saturated heterocycles. The molecule has 18 heavy (non-hydrogen) atoms. The van der Waals surface area contributed by atoms with Crippen molar-refractivity contribution in [3.05, 3.63) is 29.8 Å². The molecular weight excluding hydrogens is 232 g/mol. The van der Waals surface area contributed by atoms with Crippen LogP contribution in [-0.4, -0.2) is 32.1 Å². The van der Waals surface area contributed by atoms with E-state index in [1.54, 1.807) is 0 Å². The lowest BCUT2D eigenvalue weighted by atomic mass is 9.90. The normalized spacial score (nSPS) is 17.3. The molecule has 2 rings (SSSR count). The molecule has 0 aromatic heterocycles. The molecule has 1 aromatic rings. The second-order valence-electron chi connectivity index (χ2n) is 4.15. The number of para-hydroxylation sites is 1. The Morgan fingerprint density at radius 1 is 1.44 bits per heavy atom. The van der Waals surface area contributed by atoms with Gasteiger partial charge in [-0.05, 0) is 18.1 Å². The molecule has 0 fully saturated rings. The molecule has 2 N–H and O–H groups in total. The molecule has 5 heteroatoms. The zero-order valence-corrected chi connectivity index (χ0v) is 10.2. The summed E-state index contributed by atoms with van der Waals surface area (Å²) in [5.74, 6) is -0.771. The summed E-state index contributed by atoms with van der Waals surface area (Å²) in [5, 5.41) is 5.85. The van der Waals surface area contributed by atoms with Crippen molar-refractivity contribution >= 4 is 17.6 Å². The Bertz CT molecular complexity index is 459. The van der Waals surface area contributed by atoms with Gasteiger partial charge in [-0.2, -0.15) is 0 Å². The number of methoxy groups -OCH3 is 1. The van der Waals surface area contributed by atoms with Crippen LogP contribution in [-0.2, 0) is 14.3 Å². The number of nitrogens with one attached hydrogen (secondary N) is 2. The van der Waals surface area contributed by atoms with E-state index < -0.39 is 5.97 Å². The fraction of sp³-hybridized carbons (Fsp3) is 0.385. The second kappa shape index (κ2) is 5.53. The molecule has 0 bridgehead atoms. The van der Waals surface area contributed by atoms with Gasteiger partial charge in [0.15, 0.2) is 0 Å². The van der Waals surface area contributed by atoms with Gasteiger partial charge in [0.1, 0.15) is 6.54 Å². The predicted molar refractivity (Wildman–Crippen MR) is 67.3 cm³/mol. The average Bonchev–Trinajstić information content (AvgIpc) is 2.43. The van der Waals surface area contributed by atoms with Crippen LogP contribution in [0.2, 0.25) is 0 Å². The van der Waals surface area contributed by atoms with E-state index in [-0.39, 0.29) is 18.4 Å². The molecule has 5 nitrogen and oxygen atoms in total. The van der Waals surface area contributed by atoms with Gasteiger partial charge in [0.25, 0.3) is 0 Å². The zero-order valence-electron chi connectivity index (χ0n) is 10.2. The van der Waals surface area contributed by atoms with Gasteiger partial charge in [0.2, 0.25) is 5.91 Å². The van der Waals surface area contributed by atoms with Gasteiger partial charge in [0.05, 0.1) is 13.0 Å². The number of ether oxygens (including phenoxy) is 1. The highest BCUT2D eigenvalue weighted by Crippen LogP contribution is 2.31. The van der Waals surface area contributed by atoms with E-state index >= 15 is 0 Å². The number of carbonyl (C=O) groups is 2. The highest BCUT2D eigenvalue weighted by Gasteiger charge is 2.26. The minimum Gasteiger partial charge on any atom is -0.468 e. The smallest absolute Gasteiger partial charge is 0.325 e. The van der Waals surface area contributed by atoms with Gasteiger partial charge in [-0.15, -0.1) is 0 Å². The molecule has 1 aliphatic rings. The first-order chi connectivity index (χ1) is 8.72. The molecule has 96 valence electrons. The fourth-order valence-corrected chi connectivity index (χ4v) is 2.10. The van der Waals surface area contributed by atoms with Crippen LogP contribution in [0.15, 0.2) is 24.3 Å². The number of esters is 1. The lowest BCUT2D eigenvalue weighted by Crippen LogP contribution is -2.36. The molecule has 1 atom stereocenters. The number of fused-ring (bicyclic) bond motifs is 1. The molecule has 1 aromatic carbocycles. The maximum absolute atomic E-state index is 12.0. The number of benzene rings is 1. The minimum absolute atomic E-state index is 0.0819. The maximum Gasteiger partial charge on any atom is 0.325 e. The second-order valence-corrected chi connectivity index (χ2v) is 4.15. The highest BCUT2D eigenvalue weighted by molar-refractivity contribution is 5.88. The van der Waals surface area contributed by atoms with E-state index in [2.05, 4.69) is 15.4 Å². The average molecular weight is 248 g/mol. The van der Waals surface area contributed by atoms with Crippen molar-refractivity contribution in [1.82, 2.24) is 5.32 Å². The van der Waals surface area contributed by atoms with Crippen molar-refractivity contribution in [3.63, 3.8) is 0 Å². The summed E-state index contributed by atoms with van der Waals surface area (Å²) in [7, 11) is 1.30. The molecule has 0 aliphatic carbocycles. The third-order valence-corrected chi connectivity index (χ3v) is 3.04. The highest BCUT2D eigenvalue weighted by atomic mass is 16.5. The van der Waals surface area contributed by atoms with E-state index in [4.69, 9.17) is 0 Å². The quantitative estimate of drug-likeness (QED) is 0.779. The van der Waals surface area contributed by atoms with Gasteiger partial charge >= 0.3 is 5.97 Å². The van der Waals surface area contributed by atoms with Crippen LogP contribution in [0, 0.1) is 0 Å². The molecular formula is C13H16N2O3. The summed E-state index contributed by atoms with van der Waals surface area (Å²) in [6.45, 7) is 0.675. The summed E-state index contributed by atoms with van der Waals surface area (Å²) in [6, 6.07) is 7.73. The standard InChI is InChI=1S/C13H16N2O3/c1-18-12(16)8-15-13(17)10-6-7-14-11-5-3-2-4-9(10)11/h2-5,10,14H,6-8H2,1H3,(H,15,17). The first-order valence-corrected chi connectivity index (χ1v) is 5.89. The van der Waals surface area contributed by atoms with Crippen molar-refractivity contribution < 1.29 is 14.3 Å². The minimum atomic E-state index is -0.439. The first-order valence-electron chi connectivity index (χ1n) is 5.89. The number of hydrogen-bond donors (Lipinski definition) is 2. The summed E-state index contributed by atoms with van der Waals surface area (Å²) >= 11 is 0. The van der Waals surface area contributed by atoms with Crippen molar-refractivity contribution in [2.45, 2.75) is 12.3 Å². The van der Waals surface area contributed by atoms with E-state index in [9.17, 15) is 9.59 Å². The third-order valence-electron chi connectivity index (χ3n) is 3.04. The number of hydrogen-bond acceptors (Lipinski definition) is 4. The largest absolute Gasteiger partial charge is 0.468 e. The molecule has 1 aliphatic heterocycles. The van der Waals surface area contributed by atoms with Crippen molar-refractivity contribution in [2.75, 3.05) is 25.5 Å². The van der Waals surface area contributed by atoms with Crippen LogP contribution in [0.5, 0.6) is 0 Å². The van der Waals surface area contributed by atoms with Crippen LogP contribution >= 0.6 is 0 Å². The monoisotopic (exact) mass is 248 g/mol. The van der Waals surface area contributed by atoms with Crippen molar-refractivity contribution in [3.8, 4) is 0 Å². The number of anilines is 1. The number of carbonyl (C=O) groups excluding carboxylic acids is 2. The van der Waals surface area contributed by atoms with Crippen LogP contribution in [0.25, 0.3) is 0 Å². The van der Waals surface area contributed by atoms with Crippen LogP contribution in [0.3, 0.4) is 0 Å². The van der Waals surface area contributed by atoms with Crippen molar-refractivity contribution in [1.29, 1.82) is 0 Å². The molecule has 1 unspecified atom stereocenters.